The van der Waals surface area contributed by atoms with Crippen molar-refractivity contribution < 1.29 is 43.7 Å². The number of aliphatic hydroxyl groups is 2. The van der Waals surface area contributed by atoms with Crippen LogP contribution in [0.2, 0.25) is 0 Å². The van der Waals surface area contributed by atoms with E-state index in [1.165, 1.54) is 0 Å². The zero-order valence-electron chi connectivity index (χ0n) is 7.81. The van der Waals surface area contributed by atoms with Crippen LogP contribution >= 0.6 is 7.82 Å². The van der Waals surface area contributed by atoms with Gasteiger partial charge in [-0.1, -0.05) is 0 Å². The second kappa shape index (κ2) is 4.38. The fourth-order valence-corrected chi connectivity index (χ4v) is 1.57. The lowest BCUT2D eigenvalue weighted by atomic mass is 10.1. The number of hydrogen-bond donors (Lipinski definition) is 3. The van der Waals surface area contributed by atoms with Gasteiger partial charge < -0.3 is 38.9 Å². The van der Waals surface area contributed by atoms with Crippen molar-refractivity contribution in [1.82, 2.24) is 0 Å². The normalized spacial score (nSPS) is 35.2. The number of ether oxygens (including phenoxy) is 1. The Morgan fingerprint density at radius 2 is 2.19 bits per heavy atom. The second-order valence-corrected chi connectivity index (χ2v) is 4.41. The third-order valence-corrected chi connectivity index (χ3v) is 2.46. The Labute approximate surface area is 89.5 Å². The molecule has 3 N–H and O–H groups in total. The summed E-state index contributed by atoms with van der Waals surface area (Å²) in [5, 5.41) is 27.1. The van der Waals surface area contributed by atoms with Gasteiger partial charge in [-0.15, -0.1) is 0 Å². The van der Waals surface area contributed by atoms with Crippen LogP contribution in [0.15, 0.2) is 0 Å². The summed E-state index contributed by atoms with van der Waals surface area (Å²) in [4.78, 5) is 30.8. The van der Waals surface area contributed by atoms with Crippen LogP contribution in [-0.2, 0) is 18.6 Å². The fraction of sp³-hybridized carbons (Fsp3) is 0.833. The fourth-order valence-electron chi connectivity index (χ4n) is 1.24. The molecule has 0 radical (unpaired) electrons. The molecule has 16 heavy (non-hydrogen) atoms. The molecule has 10 heteroatoms. The van der Waals surface area contributed by atoms with Gasteiger partial charge in [0.25, 0.3) is 5.79 Å². The molecule has 0 saturated carbocycles. The van der Waals surface area contributed by atoms with E-state index in [2.05, 4.69) is 9.26 Å². The molecule has 0 amide bonds. The smallest absolute Gasteiger partial charge is 0.364 e. The van der Waals surface area contributed by atoms with Crippen molar-refractivity contribution in [1.29, 1.82) is 0 Å². The van der Waals surface area contributed by atoms with E-state index >= 15 is 0 Å². The predicted octanol–water partition coefficient (Wildman–Crippen LogP) is -3.25. The molecular weight excluding hydrogens is 247 g/mol. The van der Waals surface area contributed by atoms with Crippen LogP contribution in [0.3, 0.4) is 0 Å². The molecule has 9 nitrogen and oxygen atoms in total. The number of hydrogen-bond acceptors (Lipinski definition) is 8. The molecule has 94 valence electrons. The lowest BCUT2D eigenvalue weighted by molar-refractivity contribution is -0.343. The molecule has 0 aromatic rings. The van der Waals surface area contributed by atoms with E-state index in [9.17, 15) is 29.4 Å². The molecule has 1 saturated heterocycles. The minimum Gasteiger partial charge on any atom is -0.790 e. The van der Waals surface area contributed by atoms with Gasteiger partial charge in [0.15, 0.2) is 0 Å². The van der Waals surface area contributed by atoms with Crippen molar-refractivity contribution in [3.63, 3.8) is 0 Å². The summed E-state index contributed by atoms with van der Waals surface area (Å²) in [5.41, 5.74) is 0. The van der Waals surface area contributed by atoms with Gasteiger partial charge in [-0.3, -0.25) is 0 Å². The number of phosphoric acid groups is 1. The van der Waals surface area contributed by atoms with Crippen LogP contribution in [0.5, 0.6) is 0 Å². The van der Waals surface area contributed by atoms with Gasteiger partial charge in [0.2, 0.25) is 0 Å². The Hall–Kier alpha value is -0.540. The van der Waals surface area contributed by atoms with E-state index in [-0.39, 0.29) is 0 Å². The van der Waals surface area contributed by atoms with E-state index in [4.69, 9.17) is 5.11 Å². The number of aliphatic hydroxyl groups excluding tert-OH is 1. The number of carbonyl (C=O) groups is 1. The molecule has 1 heterocycles. The van der Waals surface area contributed by atoms with Crippen LogP contribution in [0, 0.1) is 0 Å². The molecule has 1 aliphatic rings. The Balaban J connectivity index is 2.59. The molecule has 1 rings (SSSR count). The number of carboxylic acids is 1. The summed E-state index contributed by atoms with van der Waals surface area (Å²) in [6, 6.07) is 0. The van der Waals surface area contributed by atoms with E-state index in [1.807, 2.05) is 0 Å². The summed E-state index contributed by atoms with van der Waals surface area (Å²) in [7, 11) is -5.23. The average Bonchev–Trinajstić information content (AvgIpc) is 2.38. The van der Waals surface area contributed by atoms with Gasteiger partial charge in [0.1, 0.15) is 6.10 Å². The minimum absolute atomic E-state index is 0.641. The number of phosphoric ester groups is 1. The lowest BCUT2D eigenvalue weighted by Gasteiger charge is -2.30. The summed E-state index contributed by atoms with van der Waals surface area (Å²) >= 11 is 0. The van der Waals surface area contributed by atoms with Crippen molar-refractivity contribution in [2.24, 2.45) is 0 Å². The maximum absolute atomic E-state index is 10.5. The zero-order valence-corrected chi connectivity index (χ0v) is 8.70. The Morgan fingerprint density at radius 1 is 1.62 bits per heavy atom. The van der Waals surface area contributed by atoms with Gasteiger partial charge in [-0.05, 0) is 0 Å². The largest absolute Gasteiger partial charge is 0.790 e. The highest BCUT2D eigenvalue weighted by Gasteiger charge is 2.50. The zero-order chi connectivity index (χ0) is 12.6. The Bertz CT molecular complexity index is 324. The average molecular weight is 256 g/mol. The monoisotopic (exact) mass is 256 g/mol. The highest BCUT2D eigenvalue weighted by molar-refractivity contribution is 7.43. The molecule has 0 spiro atoms. The summed E-state index contributed by atoms with van der Waals surface area (Å²) < 4.78 is 18.4. The van der Waals surface area contributed by atoms with E-state index in [0.717, 1.165) is 0 Å². The predicted molar refractivity (Wildman–Crippen MR) is 41.6 cm³/mol. The van der Waals surface area contributed by atoms with Gasteiger partial charge in [0.05, 0.1) is 20.5 Å². The highest BCUT2D eigenvalue weighted by Crippen LogP contribution is 2.32. The van der Waals surface area contributed by atoms with Crippen LogP contribution < -0.4 is 9.79 Å². The summed E-state index contributed by atoms with van der Waals surface area (Å²) in [6.45, 7) is -0.846. The number of carboxylic acid groups (broad SMARTS) is 1. The molecule has 1 aliphatic heterocycles. The van der Waals surface area contributed by atoms with Crippen molar-refractivity contribution in [3.05, 3.63) is 0 Å². The Kier molecular flexibility index (Phi) is 3.70. The molecular formula is C6H9O9P-2. The maximum Gasteiger partial charge on any atom is 0.364 e. The Morgan fingerprint density at radius 3 is 2.56 bits per heavy atom. The van der Waals surface area contributed by atoms with Crippen molar-refractivity contribution in [3.8, 4) is 0 Å². The standard InChI is InChI=1S/C6H11O9P/c7-3-1-6(10,5(8)9)15-4(3)2-14-16(11,12)13/h3-4,7,10H,1-2H2,(H,8,9)(H2,11,12,13)/p-2/t3-,4+,6?/m0/s1. The van der Waals surface area contributed by atoms with Crippen LogP contribution in [0.1, 0.15) is 6.42 Å². The van der Waals surface area contributed by atoms with Gasteiger partial charge in [-0.2, -0.15) is 0 Å². The van der Waals surface area contributed by atoms with Gasteiger partial charge >= 0.3 is 5.97 Å². The first-order chi connectivity index (χ1) is 7.14. The van der Waals surface area contributed by atoms with E-state index < -0.39 is 44.8 Å². The number of aliphatic carboxylic acids is 1. The van der Waals surface area contributed by atoms with E-state index in [1.54, 1.807) is 0 Å². The number of rotatable bonds is 4. The van der Waals surface area contributed by atoms with Crippen LogP contribution in [0.4, 0.5) is 0 Å². The van der Waals surface area contributed by atoms with Crippen molar-refractivity contribution in [2.75, 3.05) is 6.61 Å². The summed E-state index contributed by atoms with van der Waals surface area (Å²) in [6.07, 6.45) is -3.47. The molecule has 0 aliphatic carbocycles. The maximum atomic E-state index is 10.5. The van der Waals surface area contributed by atoms with Crippen molar-refractivity contribution >= 4 is 13.8 Å². The van der Waals surface area contributed by atoms with Gasteiger partial charge in [-0.25, -0.2) is 4.79 Å². The third-order valence-electron chi connectivity index (χ3n) is 1.99. The lowest BCUT2D eigenvalue weighted by Crippen LogP contribution is -2.39. The van der Waals surface area contributed by atoms with E-state index in [0.29, 0.717) is 0 Å². The molecule has 1 unspecified atom stereocenters. The molecule has 0 aromatic heterocycles. The molecule has 1 fully saturated rings. The summed E-state index contributed by atoms with van der Waals surface area (Å²) in [5.74, 6) is -4.31. The second-order valence-electron chi connectivity index (χ2n) is 3.26. The van der Waals surface area contributed by atoms with Crippen LogP contribution in [-0.4, -0.2) is 45.9 Å². The quantitative estimate of drug-likeness (QED) is 0.439. The molecule has 0 aromatic carbocycles. The molecule has 0 bridgehead atoms. The first-order valence-corrected chi connectivity index (χ1v) is 5.58. The topological polar surface area (TPSA) is 159 Å². The first-order valence-electron chi connectivity index (χ1n) is 4.12. The van der Waals surface area contributed by atoms with Crippen LogP contribution in [0.25, 0.3) is 0 Å². The highest BCUT2D eigenvalue weighted by atomic mass is 31.2. The van der Waals surface area contributed by atoms with Gasteiger partial charge in [0, 0.05) is 6.42 Å². The molecule has 3 atom stereocenters. The SMILES string of the molecule is O=C(O)C1(O)C[C@H](O)[C@@H](COP(=O)([O-])[O-])O1. The van der Waals surface area contributed by atoms with Crippen molar-refractivity contribution in [2.45, 2.75) is 24.4 Å². The third kappa shape index (κ3) is 3.22. The first kappa shape index (κ1) is 13.5. The minimum atomic E-state index is -5.23.